The summed E-state index contributed by atoms with van der Waals surface area (Å²) in [6.45, 7) is 3.61. The summed E-state index contributed by atoms with van der Waals surface area (Å²) in [5.41, 5.74) is 4.34. The summed E-state index contributed by atoms with van der Waals surface area (Å²) in [5, 5.41) is 0.720. The topological polar surface area (TPSA) is 46.1 Å². The number of benzene rings is 1. The standard InChI is InChI=1S/C16H15N3OS/c1-10-6-7-17-9-13(10)12-4-5-14-15(8-12)21-16(18-14)19(3)11(2)20/h4-9H,1-3H3. The van der Waals surface area contributed by atoms with Crippen LogP contribution in [-0.2, 0) is 4.79 Å². The van der Waals surface area contributed by atoms with Crippen molar-refractivity contribution in [3.63, 3.8) is 0 Å². The second-order valence-electron chi connectivity index (χ2n) is 4.95. The second-order valence-corrected chi connectivity index (χ2v) is 5.96. The number of aryl methyl sites for hydroxylation is 1. The van der Waals surface area contributed by atoms with E-state index in [4.69, 9.17) is 0 Å². The van der Waals surface area contributed by atoms with E-state index in [1.54, 1.807) is 18.1 Å². The minimum absolute atomic E-state index is 0.0163. The van der Waals surface area contributed by atoms with E-state index in [-0.39, 0.29) is 5.91 Å². The van der Waals surface area contributed by atoms with E-state index in [9.17, 15) is 4.79 Å². The first-order valence-corrected chi connectivity index (χ1v) is 7.44. The lowest BCUT2D eigenvalue weighted by molar-refractivity contribution is -0.116. The molecule has 0 aliphatic rings. The number of amides is 1. The minimum Gasteiger partial charge on any atom is -0.291 e. The highest BCUT2D eigenvalue weighted by molar-refractivity contribution is 7.22. The number of pyridine rings is 1. The average Bonchev–Trinajstić information content (AvgIpc) is 2.89. The molecule has 1 amide bonds. The van der Waals surface area contributed by atoms with E-state index in [1.165, 1.54) is 23.8 Å². The molecule has 0 unspecified atom stereocenters. The quantitative estimate of drug-likeness (QED) is 0.725. The Balaban J connectivity index is 2.09. The van der Waals surface area contributed by atoms with Gasteiger partial charge in [-0.1, -0.05) is 17.4 Å². The van der Waals surface area contributed by atoms with Crippen LogP contribution in [0, 0.1) is 6.92 Å². The lowest BCUT2D eigenvalue weighted by Gasteiger charge is -2.08. The Labute approximate surface area is 127 Å². The van der Waals surface area contributed by atoms with Gasteiger partial charge >= 0.3 is 0 Å². The zero-order chi connectivity index (χ0) is 15.0. The Bertz CT molecular complexity index is 825. The molecule has 21 heavy (non-hydrogen) atoms. The van der Waals surface area contributed by atoms with E-state index in [2.05, 4.69) is 23.0 Å². The fourth-order valence-corrected chi connectivity index (χ4v) is 3.13. The lowest BCUT2D eigenvalue weighted by Crippen LogP contribution is -2.22. The van der Waals surface area contributed by atoms with Crippen LogP contribution >= 0.6 is 11.3 Å². The summed E-state index contributed by atoms with van der Waals surface area (Å²) in [6.07, 6.45) is 3.67. The summed E-state index contributed by atoms with van der Waals surface area (Å²) in [4.78, 5) is 21.7. The number of fused-ring (bicyclic) bond motifs is 1. The van der Waals surface area contributed by atoms with Gasteiger partial charge in [-0.05, 0) is 36.2 Å². The number of carbonyl (C=O) groups is 1. The van der Waals surface area contributed by atoms with Crippen molar-refractivity contribution in [3.8, 4) is 11.1 Å². The zero-order valence-corrected chi connectivity index (χ0v) is 12.9. The molecule has 0 N–H and O–H groups in total. The Morgan fingerprint density at radius 3 is 2.81 bits per heavy atom. The summed E-state index contributed by atoms with van der Waals surface area (Å²) in [5.74, 6) is -0.0163. The molecule has 0 aliphatic carbocycles. The molecule has 3 rings (SSSR count). The Hall–Kier alpha value is -2.27. The van der Waals surface area contributed by atoms with Crippen molar-refractivity contribution in [1.29, 1.82) is 0 Å². The van der Waals surface area contributed by atoms with Crippen molar-refractivity contribution in [2.45, 2.75) is 13.8 Å². The maximum Gasteiger partial charge on any atom is 0.225 e. The Morgan fingerprint density at radius 2 is 2.10 bits per heavy atom. The number of hydrogen-bond donors (Lipinski definition) is 0. The van der Waals surface area contributed by atoms with Gasteiger partial charge in [-0.2, -0.15) is 0 Å². The molecule has 0 atom stereocenters. The normalized spacial score (nSPS) is 10.8. The third-order valence-electron chi connectivity index (χ3n) is 3.49. The summed E-state index contributed by atoms with van der Waals surface area (Å²) in [7, 11) is 1.74. The van der Waals surface area contributed by atoms with Crippen LogP contribution in [0.1, 0.15) is 12.5 Å². The van der Waals surface area contributed by atoms with E-state index in [1.807, 2.05) is 24.4 Å². The molecule has 0 aliphatic heterocycles. The van der Waals surface area contributed by atoms with Gasteiger partial charge in [0.25, 0.3) is 0 Å². The predicted molar refractivity (Wildman–Crippen MR) is 86.7 cm³/mol. The summed E-state index contributed by atoms with van der Waals surface area (Å²) < 4.78 is 1.07. The van der Waals surface area contributed by atoms with Crippen LogP contribution in [0.2, 0.25) is 0 Å². The molecule has 4 nitrogen and oxygen atoms in total. The van der Waals surface area contributed by atoms with Crippen LogP contribution in [0.15, 0.2) is 36.7 Å². The Morgan fingerprint density at radius 1 is 1.29 bits per heavy atom. The molecular formula is C16H15N3OS. The Kier molecular flexibility index (Phi) is 3.43. The van der Waals surface area contributed by atoms with Gasteiger partial charge in [0.2, 0.25) is 5.91 Å². The van der Waals surface area contributed by atoms with E-state index >= 15 is 0 Å². The third kappa shape index (κ3) is 2.52. The van der Waals surface area contributed by atoms with Crippen molar-refractivity contribution in [1.82, 2.24) is 9.97 Å². The van der Waals surface area contributed by atoms with Crippen molar-refractivity contribution in [2.24, 2.45) is 0 Å². The fraction of sp³-hybridized carbons (Fsp3) is 0.188. The number of nitrogens with zero attached hydrogens (tertiary/aromatic N) is 3. The summed E-state index contributed by atoms with van der Waals surface area (Å²) in [6, 6.07) is 8.14. The fourth-order valence-electron chi connectivity index (χ4n) is 2.12. The van der Waals surface area contributed by atoms with Gasteiger partial charge < -0.3 is 0 Å². The van der Waals surface area contributed by atoms with Crippen LogP contribution in [-0.4, -0.2) is 22.9 Å². The highest BCUT2D eigenvalue weighted by Crippen LogP contribution is 2.32. The first-order chi connectivity index (χ1) is 10.1. The molecule has 2 heterocycles. The van der Waals surface area contributed by atoms with Crippen LogP contribution in [0.4, 0.5) is 5.13 Å². The van der Waals surface area contributed by atoms with Crippen molar-refractivity contribution in [2.75, 3.05) is 11.9 Å². The molecule has 5 heteroatoms. The van der Waals surface area contributed by atoms with Crippen molar-refractivity contribution in [3.05, 3.63) is 42.2 Å². The average molecular weight is 297 g/mol. The number of thiazole rings is 1. The highest BCUT2D eigenvalue weighted by atomic mass is 32.1. The molecule has 3 aromatic rings. The minimum atomic E-state index is -0.0163. The van der Waals surface area contributed by atoms with Crippen LogP contribution in [0.3, 0.4) is 0 Å². The maximum absolute atomic E-state index is 11.4. The summed E-state index contributed by atoms with van der Waals surface area (Å²) >= 11 is 1.52. The number of anilines is 1. The molecule has 0 saturated heterocycles. The smallest absolute Gasteiger partial charge is 0.225 e. The molecular weight excluding hydrogens is 282 g/mol. The molecule has 1 aromatic carbocycles. The molecule has 0 radical (unpaired) electrons. The number of carbonyl (C=O) groups excluding carboxylic acids is 1. The number of aromatic nitrogens is 2. The largest absolute Gasteiger partial charge is 0.291 e. The third-order valence-corrected chi connectivity index (χ3v) is 4.58. The van der Waals surface area contributed by atoms with E-state index in [0.29, 0.717) is 0 Å². The van der Waals surface area contributed by atoms with Gasteiger partial charge in [0.05, 0.1) is 10.2 Å². The van der Waals surface area contributed by atoms with Gasteiger partial charge in [-0.25, -0.2) is 4.98 Å². The molecule has 0 spiro atoms. The number of rotatable bonds is 2. The monoisotopic (exact) mass is 297 g/mol. The van der Waals surface area contributed by atoms with E-state index < -0.39 is 0 Å². The second kappa shape index (κ2) is 5.26. The van der Waals surface area contributed by atoms with Crippen LogP contribution in [0.25, 0.3) is 21.3 Å². The SMILES string of the molecule is CC(=O)N(C)c1nc2ccc(-c3cnccc3C)cc2s1. The first kappa shape index (κ1) is 13.7. The molecule has 0 fully saturated rings. The highest BCUT2D eigenvalue weighted by Gasteiger charge is 2.12. The van der Waals surface area contributed by atoms with Crippen LogP contribution < -0.4 is 4.90 Å². The van der Waals surface area contributed by atoms with Gasteiger partial charge in [0.1, 0.15) is 0 Å². The molecule has 0 saturated carbocycles. The molecule has 106 valence electrons. The van der Waals surface area contributed by atoms with Gasteiger partial charge in [0, 0.05) is 31.9 Å². The molecule has 0 bridgehead atoms. The van der Waals surface area contributed by atoms with Gasteiger partial charge in [-0.15, -0.1) is 0 Å². The lowest BCUT2D eigenvalue weighted by atomic mass is 10.0. The van der Waals surface area contributed by atoms with E-state index in [0.717, 1.165) is 26.5 Å². The maximum atomic E-state index is 11.4. The molecule has 2 aromatic heterocycles. The van der Waals surface area contributed by atoms with Gasteiger partial charge in [0.15, 0.2) is 5.13 Å². The van der Waals surface area contributed by atoms with Crippen molar-refractivity contribution >= 4 is 32.6 Å². The predicted octanol–water partition coefficient (Wildman–Crippen LogP) is 3.65. The zero-order valence-electron chi connectivity index (χ0n) is 12.1. The van der Waals surface area contributed by atoms with Crippen LogP contribution in [0.5, 0.6) is 0 Å². The number of hydrogen-bond acceptors (Lipinski definition) is 4. The van der Waals surface area contributed by atoms with Crippen molar-refractivity contribution < 1.29 is 4.79 Å². The van der Waals surface area contributed by atoms with Gasteiger partial charge in [-0.3, -0.25) is 14.7 Å². The first-order valence-electron chi connectivity index (χ1n) is 6.62.